The molecule has 0 aliphatic heterocycles. The first-order chi connectivity index (χ1) is 9.44. The maximum absolute atomic E-state index is 12.3. The van der Waals surface area contributed by atoms with Crippen LogP contribution in [-0.4, -0.2) is 27.6 Å². The first-order valence-electron chi connectivity index (χ1n) is 6.20. The standard InChI is InChI=1S/C12H16F2N2O3S.ClH/c13-12(14)19-10-3-1-2-4-11(10)20(17,18)16-9(7-15)8-5-6-8;/h1-4,8-9,12,16H,5-7,15H2;1H. The Bertz CT molecular complexity index is 567. The first kappa shape index (κ1) is 18.1. The Labute approximate surface area is 128 Å². The fraction of sp³-hybridized carbons (Fsp3) is 0.500. The van der Waals surface area contributed by atoms with Gasteiger partial charge in [-0.3, -0.25) is 0 Å². The van der Waals surface area contributed by atoms with Crippen LogP contribution in [0.25, 0.3) is 0 Å². The smallest absolute Gasteiger partial charge is 0.387 e. The number of halogens is 3. The predicted octanol–water partition coefficient (Wildman–Crippen LogP) is 1.73. The summed E-state index contributed by atoms with van der Waals surface area (Å²) in [4.78, 5) is -0.306. The van der Waals surface area contributed by atoms with E-state index in [0.29, 0.717) is 0 Å². The Morgan fingerprint density at radius 1 is 1.33 bits per heavy atom. The third-order valence-electron chi connectivity index (χ3n) is 3.11. The highest BCUT2D eigenvalue weighted by Gasteiger charge is 2.34. The number of rotatable bonds is 7. The summed E-state index contributed by atoms with van der Waals surface area (Å²) in [5, 5.41) is 0. The minimum Gasteiger partial charge on any atom is -0.433 e. The molecule has 1 aromatic carbocycles. The molecule has 1 aliphatic rings. The molecule has 1 unspecified atom stereocenters. The molecule has 3 N–H and O–H groups in total. The molecule has 1 atom stereocenters. The number of nitrogens with two attached hydrogens (primary N) is 1. The summed E-state index contributed by atoms with van der Waals surface area (Å²) in [6.45, 7) is -2.91. The van der Waals surface area contributed by atoms with Crippen LogP contribution in [0.5, 0.6) is 5.75 Å². The van der Waals surface area contributed by atoms with Gasteiger partial charge < -0.3 is 10.5 Å². The van der Waals surface area contributed by atoms with Gasteiger partial charge in [0.2, 0.25) is 10.0 Å². The van der Waals surface area contributed by atoms with E-state index in [1.807, 2.05) is 0 Å². The second-order valence-corrected chi connectivity index (χ2v) is 6.31. The molecule has 0 bridgehead atoms. The van der Waals surface area contributed by atoms with Gasteiger partial charge in [0, 0.05) is 12.6 Å². The zero-order valence-electron chi connectivity index (χ0n) is 11.0. The molecule has 0 aromatic heterocycles. The first-order valence-corrected chi connectivity index (χ1v) is 7.68. The van der Waals surface area contributed by atoms with Gasteiger partial charge in [0.05, 0.1) is 0 Å². The van der Waals surface area contributed by atoms with Crippen molar-refractivity contribution in [1.82, 2.24) is 4.72 Å². The molecular formula is C12H17ClF2N2O3S. The fourth-order valence-electron chi connectivity index (χ4n) is 1.96. The van der Waals surface area contributed by atoms with E-state index in [1.54, 1.807) is 0 Å². The third kappa shape index (κ3) is 4.77. The monoisotopic (exact) mass is 342 g/mol. The Morgan fingerprint density at radius 2 is 1.95 bits per heavy atom. The van der Waals surface area contributed by atoms with E-state index in [2.05, 4.69) is 9.46 Å². The Hall–Kier alpha value is -0.960. The lowest BCUT2D eigenvalue weighted by Gasteiger charge is -2.17. The fourth-order valence-corrected chi connectivity index (χ4v) is 3.42. The van der Waals surface area contributed by atoms with Crippen LogP contribution in [0.1, 0.15) is 12.8 Å². The molecule has 2 rings (SSSR count). The van der Waals surface area contributed by atoms with Gasteiger partial charge in [0.25, 0.3) is 0 Å². The maximum atomic E-state index is 12.3. The van der Waals surface area contributed by atoms with E-state index in [4.69, 9.17) is 5.73 Å². The van der Waals surface area contributed by atoms with Gasteiger partial charge in [-0.1, -0.05) is 12.1 Å². The minimum atomic E-state index is -3.94. The zero-order chi connectivity index (χ0) is 14.8. The molecular weight excluding hydrogens is 326 g/mol. The SMILES string of the molecule is Cl.NCC(NS(=O)(=O)c1ccccc1OC(F)F)C1CC1. The lowest BCUT2D eigenvalue weighted by molar-refractivity contribution is -0.0517. The van der Waals surface area contributed by atoms with Gasteiger partial charge in [-0.25, -0.2) is 13.1 Å². The number of para-hydroxylation sites is 1. The van der Waals surface area contributed by atoms with E-state index >= 15 is 0 Å². The van der Waals surface area contributed by atoms with Crippen molar-refractivity contribution in [2.45, 2.75) is 30.4 Å². The summed E-state index contributed by atoms with van der Waals surface area (Å²) >= 11 is 0. The van der Waals surface area contributed by atoms with Gasteiger partial charge in [0.15, 0.2) is 0 Å². The second kappa shape index (κ2) is 7.35. The van der Waals surface area contributed by atoms with Crippen molar-refractivity contribution in [1.29, 1.82) is 0 Å². The quantitative estimate of drug-likeness (QED) is 0.790. The minimum absolute atomic E-state index is 0. The summed E-state index contributed by atoms with van der Waals surface area (Å²) in [5.74, 6) is -0.153. The summed E-state index contributed by atoms with van der Waals surface area (Å²) < 4.78 is 55.8. The second-order valence-electron chi connectivity index (χ2n) is 4.63. The molecule has 0 heterocycles. The number of hydrogen-bond donors (Lipinski definition) is 2. The molecule has 1 aliphatic carbocycles. The molecule has 0 spiro atoms. The number of nitrogens with one attached hydrogen (secondary N) is 1. The van der Waals surface area contributed by atoms with Crippen molar-refractivity contribution in [3.63, 3.8) is 0 Å². The van der Waals surface area contributed by atoms with Crippen LogP contribution in [0.2, 0.25) is 0 Å². The van der Waals surface area contributed by atoms with Gasteiger partial charge in [-0.15, -0.1) is 12.4 Å². The van der Waals surface area contributed by atoms with Crippen LogP contribution < -0.4 is 15.2 Å². The van der Waals surface area contributed by atoms with Gasteiger partial charge >= 0.3 is 6.61 Å². The molecule has 1 fully saturated rings. The maximum Gasteiger partial charge on any atom is 0.387 e. The van der Waals surface area contributed by atoms with E-state index in [0.717, 1.165) is 12.8 Å². The summed E-state index contributed by atoms with van der Waals surface area (Å²) in [5.41, 5.74) is 5.54. The molecule has 0 amide bonds. The molecule has 1 saturated carbocycles. The normalized spacial score (nSPS) is 16.4. The van der Waals surface area contributed by atoms with E-state index in [-0.39, 0.29) is 41.6 Å². The van der Waals surface area contributed by atoms with Crippen molar-refractivity contribution in [2.24, 2.45) is 11.7 Å². The largest absolute Gasteiger partial charge is 0.433 e. The van der Waals surface area contributed by atoms with Gasteiger partial charge in [0.1, 0.15) is 10.6 Å². The summed E-state index contributed by atoms with van der Waals surface area (Å²) in [7, 11) is -3.94. The van der Waals surface area contributed by atoms with Crippen LogP contribution in [0, 0.1) is 5.92 Å². The zero-order valence-corrected chi connectivity index (χ0v) is 12.7. The van der Waals surface area contributed by atoms with E-state index in [9.17, 15) is 17.2 Å². The van der Waals surface area contributed by atoms with Crippen LogP contribution in [0.4, 0.5) is 8.78 Å². The number of alkyl halides is 2. The van der Waals surface area contributed by atoms with E-state index < -0.39 is 16.6 Å². The van der Waals surface area contributed by atoms with Gasteiger partial charge in [-0.05, 0) is 30.9 Å². The van der Waals surface area contributed by atoms with Crippen molar-refractivity contribution >= 4 is 22.4 Å². The predicted molar refractivity (Wildman–Crippen MR) is 76.2 cm³/mol. The Morgan fingerprint density at radius 3 is 2.48 bits per heavy atom. The van der Waals surface area contributed by atoms with Crippen LogP contribution in [0.15, 0.2) is 29.2 Å². The molecule has 9 heteroatoms. The van der Waals surface area contributed by atoms with E-state index in [1.165, 1.54) is 24.3 Å². The summed E-state index contributed by atoms with van der Waals surface area (Å²) in [6, 6.07) is 4.91. The number of ether oxygens (including phenoxy) is 1. The van der Waals surface area contributed by atoms with Gasteiger partial charge in [-0.2, -0.15) is 8.78 Å². The average molecular weight is 343 g/mol. The van der Waals surface area contributed by atoms with Crippen LogP contribution in [-0.2, 0) is 10.0 Å². The van der Waals surface area contributed by atoms with Crippen LogP contribution in [0.3, 0.4) is 0 Å². The highest BCUT2D eigenvalue weighted by Crippen LogP contribution is 2.33. The van der Waals surface area contributed by atoms with Crippen molar-refractivity contribution in [2.75, 3.05) is 6.54 Å². The molecule has 21 heavy (non-hydrogen) atoms. The number of benzene rings is 1. The Balaban J connectivity index is 0.00000220. The van der Waals surface area contributed by atoms with Crippen molar-refractivity contribution in [3.05, 3.63) is 24.3 Å². The highest BCUT2D eigenvalue weighted by atomic mass is 35.5. The average Bonchev–Trinajstić information content (AvgIpc) is 3.20. The molecule has 0 radical (unpaired) electrons. The number of sulfonamides is 1. The molecule has 120 valence electrons. The molecule has 5 nitrogen and oxygen atoms in total. The van der Waals surface area contributed by atoms with Crippen molar-refractivity contribution in [3.8, 4) is 5.75 Å². The topological polar surface area (TPSA) is 81.4 Å². The third-order valence-corrected chi connectivity index (χ3v) is 4.64. The highest BCUT2D eigenvalue weighted by molar-refractivity contribution is 7.89. The molecule has 0 saturated heterocycles. The van der Waals surface area contributed by atoms with Crippen molar-refractivity contribution < 1.29 is 21.9 Å². The molecule has 1 aromatic rings. The summed E-state index contributed by atoms with van der Waals surface area (Å²) in [6.07, 6.45) is 1.83. The number of hydrogen-bond acceptors (Lipinski definition) is 4. The lowest BCUT2D eigenvalue weighted by atomic mass is 10.2. The lowest BCUT2D eigenvalue weighted by Crippen LogP contribution is -2.41. The Kier molecular flexibility index (Phi) is 6.33. The van der Waals surface area contributed by atoms with Crippen LogP contribution >= 0.6 is 12.4 Å².